The Bertz CT molecular complexity index is 510. The van der Waals surface area contributed by atoms with E-state index in [1.807, 2.05) is 19.9 Å². The van der Waals surface area contributed by atoms with Crippen molar-refractivity contribution in [3.05, 3.63) is 53.1 Å². The molecular weight excluding hydrogens is 236 g/mol. The zero-order chi connectivity index (χ0) is 14.4. The molecule has 0 heterocycles. The number of carbonyl (C=O) groups excluding carboxylic acids is 1. The number of carbonyl (C=O) groups is 1. The zero-order valence-corrected chi connectivity index (χ0v) is 12.2. The molecule has 0 fully saturated rings. The third kappa shape index (κ3) is 4.74. The van der Waals surface area contributed by atoms with Gasteiger partial charge in [0, 0.05) is 5.56 Å². The molecule has 0 spiro atoms. The first-order valence-electron chi connectivity index (χ1n) is 6.53. The fraction of sp³-hybridized carbons (Fsp3) is 0.353. The number of hydrogen-bond donors (Lipinski definition) is 0. The Morgan fingerprint density at radius 1 is 1.37 bits per heavy atom. The highest BCUT2D eigenvalue weighted by Crippen LogP contribution is 2.24. The van der Waals surface area contributed by atoms with Gasteiger partial charge >= 0.3 is 0 Å². The molecule has 0 aliphatic rings. The van der Waals surface area contributed by atoms with Crippen LogP contribution in [0.25, 0.3) is 5.76 Å². The first-order valence-corrected chi connectivity index (χ1v) is 6.53. The second kappa shape index (κ2) is 6.93. The van der Waals surface area contributed by atoms with Crippen LogP contribution in [0.15, 0.2) is 36.4 Å². The van der Waals surface area contributed by atoms with E-state index in [0.29, 0.717) is 0 Å². The summed E-state index contributed by atoms with van der Waals surface area (Å²) >= 11 is 0. The van der Waals surface area contributed by atoms with E-state index in [-0.39, 0.29) is 12.4 Å². The van der Waals surface area contributed by atoms with Crippen LogP contribution in [0.1, 0.15) is 37.5 Å². The van der Waals surface area contributed by atoms with Crippen LogP contribution in [0.4, 0.5) is 0 Å². The lowest BCUT2D eigenvalue weighted by atomic mass is 10.00. The van der Waals surface area contributed by atoms with Gasteiger partial charge < -0.3 is 4.74 Å². The number of allylic oxidation sites excluding steroid dienone is 2. The average molecular weight is 258 g/mol. The second-order valence-electron chi connectivity index (χ2n) is 4.86. The minimum absolute atomic E-state index is 0.0123. The van der Waals surface area contributed by atoms with Crippen LogP contribution in [-0.2, 0) is 16.0 Å². The van der Waals surface area contributed by atoms with Crippen LogP contribution in [0.3, 0.4) is 0 Å². The van der Waals surface area contributed by atoms with Gasteiger partial charge in [-0.2, -0.15) is 0 Å². The van der Waals surface area contributed by atoms with Crippen molar-refractivity contribution in [3.63, 3.8) is 0 Å². The molecule has 1 aromatic rings. The molecule has 1 rings (SSSR count). The summed E-state index contributed by atoms with van der Waals surface area (Å²) in [5.74, 6) is 0.738. The predicted molar refractivity (Wildman–Crippen MR) is 80.0 cm³/mol. The van der Waals surface area contributed by atoms with E-state index in [0.717, 1.165) is 23.3 Å². The van der Waals surface area contributed by atoms with Gasteiger partial charge in [-0.1, -0.05) is 36.8 Å². The van der Waals surface area contributed by atoms with Gasteiger partial charge in [-0.3, -0.25) is 4.79 Å². The molecular formula is C17H22O2. The van der Waals surface area contributed by atoms with Crippen molar-refractivity contribution >= 4 is 11.5 Å². The highest BCUT2D eigenvalue weighted by atomic mass is 16.5. The van der Waals surface area contributed by atoms with Crippen LogP contribution in [-0.4, -0.2) is 12.4 Å². The summed E-state index contributed by atoms with van der Waals surface area (Å²) in [6, 6.07) is 6.29. The van der Waals surface area contributed by atoms with E-state index >= 15 is 0 Å². The molecule has 0 amide bonds. The fourth-order valence-corrected chi connectivity index (χ4v) is 1.83. The van der Waals surface area contributed by atoms with E-state index in [9.17, 15) is 4.79 Å². The normalized spacial score (nSPS) is 11.3. The first-order chi connectivity index (χ1) is 8.93. The Morgan fingerprint density at radius 3 is 2.58 bits per heavy atom. The summed E-state index contributed by atoms with van der Waals surface area (Å²) in [5.41, 5.74) is 4.33. The number of Topliss-reactive ketones (excluding diaryl/α,β-unsaturated/α-hetero) is 1. The first kappa shape index (κ1) is 15.2. The molecule has 0 aliphatic heterocycles. The van der Waals surface area contributed by atoms with Crippen LogP contribution in [0.5, 0.6) is 0 Å². The summed E-state index contributed by atoms with van der Waals surface area (Å²) < 4.78 is 5.65. The minimum Gasteiger partial charge on any atom is -0.485 e. The molecule has 0 aromatic heterocycles. The number of aryl methyl sites for hydroxylation is 2. The minimum atomic E-state index is 0.0123. The highest BCUT2D eigenvalue weighted by molar-refractivity contribution is 5.78. The lowest BCUT2D eigenvalue weighted by Crippen LogP contribution is -2.05. The number of hydrogen-bond acceptors (Lipinski definition) is 2. The molecule has 0 unspecified atom stereocenters. The van der Waals surface area contributed by atoms with Crippen molar-refractivity contribution in [2.75, 3.05) is 6.61 Å². The van der Waals surface area contributed by atoms with Crippen LogP contribution in [0, 0.1) is 6.92 Å². The van der Waals surface area contributed by atoms with Gasteiger partial charge in [0.15, 0.2) is 5.78 Å². The number of rotatable bonds is 6. The maximum atomic E-state index is 11.1. The standard InChI is InChI=1S/C17H22O2/c1-6-15-8-7-13(4)10-16(15)17(9-12(2)3)19-11-14(5)18/h7-10H,2,6,11H2,1,3-5H3/b17-9+. The number of benzene rings is 1. The Balaban J connectivity index is 3.20. The average Bonchev–Trinajstić information content (AvgIpc) is 2.33. The van der Waals surface area contributed by atoms with E-state index < -0.39 is 0 Å². The second-order valence-corrected chi connectivity index (χ2v) is 4.86. The topological polar surface area (TPSA) is 26.3 Å². The molecule has 1 aromatic carbocycles. The summed E-state index contributed by atoms with van der Waals surface area (Å²) in [7, 11) is 0. The van der Waals surface area contributed by atoms with Gasteiger partial charge in [0.05, 0.1) is 0 Å². The third-order valence-corrected chi connectivity index (χ3v) is 2.72. The van der Waals surface area contributed by atoms with Crippen LogP contribution < -0.4 is 0 Å². The van der Waals surface area contributed by atoms with Gasteiger partial charge in [-0.25, -0.2) is 0 Å². The molecule has 0 saturated carbocycles. The van der Waals surface area contributed by atoms with Crippen molar-refractivity contribution in [1.82, 2.24) is 0 Å². The molecule has 0 N–H and O–H groups in total. The lowest BCUT2D eigenvalue weighted by Gasteiger charge is -2.14. The smallest absolute Gasteiger partial charge is 0.167 e. The van der Waals surface area contributed by atoms with E-state index in [2.05, 4.69) is 31.7 Å². The van der Waals surface area contributed by atoms with E-state index in [1.165, 1.54) is 18.1 Å². The van der Waals surface area contributed by atoms with Gasteiger partial charge in [0.2, 0.25) is 0 Å². The molecule has 19 heavy (non-hydrogen) atoms. The molecule has 0 saturated heterocycles. The summed E-state index contributed by atoms with van der Waals surface area (Å²) in [5, 5.41) is 0. The van der Waals surface area contributed by atoms with Crippen molar-refractivity contribution in [1.29, 1.82) is 0 Å². The summed E-state index contributed by atoms with van der Waals surface area (Å²) in [6.45, 7) is 11.6. The maximum Gasteiger partial charge on any atom is 0.167 e. The van der Waals surface area contributed by atoms with E-state index in [4.69, 9.17) is 4.74 Å². The van der Waals surface area contributed by atoms with Gasteiger partial charge in [-0.15, -0.1) is 0 Å². The van der Waals surface area contributed by atoms with Crippen molar-refractivity contribution < 1.29 is 9.53 Å². The van der Waals surface area contributed by atoms with E-state index in [1.54, 1.807) is 0 Å². The molecule has 102 valence electrons. The molecule has 2 nitrogen and oxygen atoms in total. The van der Waals surface area contributed by atoms with Crippen molar-refractivity contribution in [3.8, 4) is 0 Å². The van der Waals surface area contributed by atoms with Crippen molar-refractivity contribution in [2.45, 2.75) is 34.1 Å². The van der Waals surface area contributed by atoms with Crippen molar-refractivity contribution in [2.24, 2.45) is 0 Å². The zero-order valence-electron chi connectivity index (χ0n) is 12.2. The Morgan fingerprint density at radius 2 is 2.05 bits per heavy atom. The molecule has 0 radical (unpaired) electrons. The Labute approximate surface area is 115 Å². The molecule has 2 heteroatoms. The summed E-state index contributed by atoms with van der Waals surface area (Å²) in [6.07, 6.45) is 2.81. The van der Waals surface area contributed by atoms with Crippen LogP contribution in [0.2, 0.25) is 0 Å². The summed E-state index contributed by atoms with van der Waals surface area (Å²) in [4.78, 5) is 11.1. The van der Waals surface area contributed by atoms with Gasteiger partial charge in [0.1, 0.15) is 12.4 Å². The van der Waals surface area contributed by atoms with Gasteiger partial charge in [-0.05, 0) is 44.9 Å². The van der Waals surface area contributed by atoms with Gasteiger partial charge in [0.25, 0.3) is 0 Å². The highest BCUT2D eigenvalue weighted by Gasteiger charge is 2.09. The fourth-order valence-electron chi connectivity index (χ4n) is 1.83. The monoisotopic (exact) mass is 258 g/mol. The Kier molecular flexibility index (Phi) is 5.56. The predicted octanol–water partition coefficient (Wildman–Crippen LogP) is 4.08. The molecule has 0 bridgehead atoms. The SMILES string of the molecule is C=C(C)/C=C(/OCC(C)=O)c1cc(C)ccc1CC. The quantitative estimate of drug-likeness (QED) is 0.567. The lowest BCUT2D eigenvalue weighted by molar-refractivity contribution is -0.119. The largest absolute Gasteiger partial charge is 0.485 e. The molecule has 0 atom stereocenters. The third-order valence-electron chi connectivity index (χ3n) is 2.72. The number of ether oxygens (including phenoxy) is 1. The maximum absolute atomic E-state index is 11.1. The van der Waals surface area contributed by atoms with Crippen LogP contribution >= 0.6 is 0 Å². The number of ketones is 1. The molecule has 0 aliphatic carbocycles. The Hall–Kier alpha value is -1.83.